The van der Waals surface area contributed by atoms with Crippen LogP contribution in [0.4, 0.5) is 18.9 Å². The highest BCUT2D eigenvalue weighted by Crippen LogP contribution is 2.45. The molecule has 2 fully saturated rings. The van der Waals surface area contributed by atoms with E-state index in [4.69, 9.17) is 5.26 Å². The van der Waals surface area contributed by atoms with Gasteiger partial charge in [0.2, 0.25) is 0 Å². The van der Waals surface area contributed by atoms with Crippen molar-refractivity contribution >= 4 is 11.6 Å². The number of aromatic amines is 1. The summed E-state index contributed by atoms with van der Waals surface area (Å²) in [5.74, 6) is -0.589. The van der Waals surface area contributed by atoms with Crippen LogP contribution in [0.3, 0.4) is 0 Å². The van der Waals surface area contributed by atoms with E-state index in [1.807, 2.05) is 0 Å². The first-order valence-corrected chi connectivity index (χ1v) is 10.5. The lowest BCUT2D eigenvalue weighted by molar-refractivity contribution is -0.137. The Labute approximate surface area is 188 Å². The number of hydrogen-bond acceptors (Lipinski definition) is 5. The molecule has 2 N–H and O–H groups in total. The average molecular weight is 460 g/mol. The van der Waals surface area contributed by atoms with E-state index in [9.17, 15) is 27.9 Å². The third kappa shape index (κ3) is 4.09. The summed E-state index contributed by atoms with van der Waals surface area (Å²) >= 11 is 0. The Kier molecular flexibility index (Phi) is 5.70. The fourth-order valence-corrected chi connectivity index (χ4v) is 4.89. The maximum absolute atomic E-state index is 13.4. The molecule has 1 aromatic heterocycles. The number of aromatic nitrogens is 1. The number of halogens is 3. The van der Waals surface area contributed by atoms with Gasteiger partial charge in [0.15, 0.2) is 0 Å². The number of rotatable bonds is 3. The van der Waals surface area contributed by atoms with Gasteiger partial charge >= 0.3 is 6.18 Å². The first-order valence-electron chi connectivity index (χ1n) is 10.5. The predicted molar refractivity (Wildman–Crippen MR) is 114 cm³/mol. The Morgan fingerprint density at radius 1 is 1.30 bits per heavy atom. The Balaban J connectivity index is 1.58. The monoisotopic (exact) mass is 460 g/mol. The molecule has 0 spiro atoms. The van der Waals surface area contributed by atoms with Crippen LogP contribution >= 0.6 is 0 Å². The molecular weight excluding hydrogens is 437 g/mol. The molecule has 174 valence electrons. The zero-order chi connectivity index (χ0) is 24.0. The fraction of sp³-hybridized carbons (Fsp3) is 0.435. The molecule has 10 heteroatoms. The van der Waals surface area contributed by atoms with Gasteiger partial charge in [-0.05, 0) is 43.7 Å². The SMILES string of the molecule is Cc1ccc(C(=O)N2CC[C@@]3(CO)CN(c4ccc(C#N)c(C(F)(F)F)c4)C[C@H]3C2)c(=O)[nH]1. The maximum atomic E-state index is 13.4. The molecule has 2 saturated heterocycles. The summed E-state index contributed by atoms with van der Waals surface area (Å²) in [5.41, 5.74) is -1.48. The van der Waals surface area contributed by atoms with E-state index in [-0.39, 0.29) is 24.6 Å². The molecule has 1 aromatic carbocycles. The number of fused-ring (bicyclic) bond motifs is 1. The summed E-state index contributed by atoms with van der Waals surface area (Å²) in [6, 6.07) is 8.32. The molecule has 4 rings (SSSR count). The second-order valence-corrected chi connectivity index (χ2v) is 8.82. The molecule has 0 aliphatic carbocycles. The lowest BCUT2D eigenvalue weighted by atomic mass is 9.73. The highest BCUT2D eigenvalue weighted by molar-refractivity contribution is 5.94. The first kappa shape index (κ1) is 22.9. The maximum Gasteiger partial charge on any atom is 0.417 e. The van der Waals surface area contributed by atoms with E-state index in [0.717, 1.165) is 12.1 Å². The van der Waals surface area contributed by atoms with Crippen LogP contribution in [0, 0.1) is 29.6 Å². The van der Waals surface area contributed by atoms with Crippen molar-refractivity contribution in [1.29, 1.82) is 5.26 Å². The number of H-pyrrole nitrogens is 1. The van der Waals surface area contributed by atoms with Gasteiger partial charge in [-0.3, -0.25) is 9.59 Å². The quantitative estimate of drug-likeness (QED) is 0.733. The van der Waals surface area contributed by atoms with Gasteiger partial charge < -0.3 is 19.9 Å². The largest absolute Gasteiger partial charge is 0.417 e. The number of amides is 1. The minimum atomic E-state index is -4.66. The van der Waals surface area contributed by atoms with Gasteiger partial charge in [0.05, 0.1) is 23.8 Å². The van der Waals surface area contributed by atoms with E-state index in [2.05, 4.69) is 4.98 Å². The van der Waals surface area contributed by atoms with Gasteiger partial charge in [0.1, 0.15) is 5.56 Å². The minimum Gasteiger partial charge on any atom is -0.396 e. The number of anilines is 1. The van der Waals surface area contributed by atoms with E-state index < -0.39 is 34.2 Å². The van der Waals surface area contributed by atoms with Crippen molar-refractivity contribution in [3.8, 4) is 6.07 Å². The Hall–Kier alpha value is -3.32. The Morgan fingerprint density at radius 3 is 2.70 bits per heavy atom. The van der Waals surface area contributed by atoms with Crippen LogP contribution in [0.25, 0.3) is 0 Å². The highest BCUT2D eigenvalue weighted by atomic mass is 19.4. The number of carbonyl (C=O) groups excluding carboxylic acids is 1. The van der Waals surface area contributed by atoms with Crippen molar-refractivity contribution in [2.24, 2.45) is 11.3 Å². The summed E-state index contributed by atoms with van der Waals surface area (Å²) in [7, 11) is 0. The van der Waals surface area contributed by atoms with Gasteiger partial charge in [0, 0.05) is 48.9 Å². The highest BCUT2D eigenvalue weighted by Gasteiger charge is 2.50. The number of aliphatic hydroxyl groups is 1. The fourth-order valence-electron chi connectivity index (χ4n) is 4.89. The Morgan fingerprint density at radius 2 is 2.06 bits per heavy atom. The lowest BCUT2D eigenvalue weighted by Gasteiger charge is -2.42. The van der Waals surface area contributed by atoms with Crippen LogP contribution in [-0.4, -0.2) is 53.7 Å². The second-order valence-electron chi connectivity index (χ2n) is 8.82. The molecule has 7 nitrogen and oxygen atoms in total. The number of nitrogens with zero attached hydrogens (tertiary/aromatic N) is 3. The number of piperidine rings is 1. The number of aliphatic hydroxyl groups excluding tert-OH is 1. The molecule has 0 radical (unpaired) electrons. The number of hydrogen-bond donors (Lipinski definition) is 2. The van der Waals surface area contributed by atoms with Crippen molar-refractivity contribution < 1.29 is 23.1 Å². The van der Waals surface area contributed by atoms with Crippen molar-refractivity contribution in [2.45, 2.75) is 19.5 Å². The number of likely N-dealkylation sites (tertiary alicyclic amines) is 1. The third-order valence-corrected chi connectivity index (χ3v) is 6.81. The molecular formula is C23H23F3N4O3. The van der Waals surface area contributed by atoms with Crippen molar-refractivity contribution in [3.63, 3.8) is 0 Å². The van der Waals surface area contributed by atoms with Gasteiger partial charge in [-0.1, -0.05) is 0 Å². The molecule has 2 aliphatic heterocycles. The van der Waals surface area contributed by atoms with E-state index in [0.29, 0.717) is 37.4 Å². The van der Waals surface area contributed by atoms with Gasteiger partial charge in [-0.25, -0.2) is 0 Å². The third-order valence-electron chi connectivity index (χ3n) is 6.81. The number of pyridine rings is 1. The standard InChI is InChI=1S/C23H23F3N4O3/c1-14-2-5-18(20(32)28-14)21(33)29-7-6-22(13-31)12-30(11-16(22)10-29)17-4-3-15(9-27)19(8-17)23(24,25)26/h2-5,8,16,31H,6-7,10-13H2,1H3,(H,28,32)/t16-,22+/m1/s1. The van der Waals surface area contributed by atoms with Crippen LogP contribution in [-0.2, 0) is 6.18 Å². The summed E-state index contributed by atoms with van der Waals surface area (Å²) in [6.07, 6.45) is -4.20. The zero-order valence-electron chi connectivity index (χ0n) is 17.9. The molecule has 3 heterocycles. The van der Waals surface area contributed by atoms with Crippen molar-refractivity contribution in [2.75, 3.05) is 37.7 Å². The van der Waals surface area contributed by atoms with E-state index >= 15 is 0 Å². The zero-order valence-corrected chi connectivity index (χ0v) is 17.9. The van der Waals surface area contributed by atoms with Crippen LogP contribution < -0.4 is 10.5 Å². The molecule has 2 aromatic rings. The number of aryl methyl sites for hydroxylation is 1. The minimum absolute atomic E-state index is 0.0360. The van der Waals surface area contributed by atoms with E-state index in [1.165, 1.54) is 12.1 Å². The summed E-state index contributed by atoms with van der Waals surface area (Å²) < 4.78 is 40.2. The topological polar surface area (TPSA) is 100 Å². The van der Waals surface area contributed by atoms with Crippen LogP contribution in [0.15, 0.2) is 35.1 Å². The van der Waals surface area contributed by atoms with Gasteiger partial charge in [0.25, 0.3) is 11.5 Å². The molecule has 2 aliphatic rings. The molecule has 33 heavy (non-hydrogen) atoms. The molecule has 2 atom stereocenters. The lowest BCUT2D eigenvalue weighted by Crippen LogP contribution is -2.51. The summed E-state index contributed by atoms with van der Waals surface area (Å²) in [4.78, 5) is 31.1. The molecule has 0 bridgehead atoms. The number of alkyl halides is 3. The molecule has 0 unspecified atom stereocenters. The summed E-state index contributed by atoms with van der Waals surface area (Å²) in [5, 5.41) is 19.2. The summed E-state index contributed by atoms with van der Waals surface area (Å²) in [6.45, 7) is 2.85. The normalized spacial score (nSPS) is 22.7. The average Bonchev–Trinajstić information content (AvgIpc) is 3.17. The van der Waals surface area contributed by atoms with Crippen molar-refractivity contribution in [1.82, 2.24) is 9.88 Å². The number of nitriles is 1. The molecule has 0 saturated carbocycles. The Bertz CT molecular complexity index is 1190. The predicted octanol–water partition coefficient (Wildman–Crippen LogP) is 2.53. The van der Waals surface area contributed by atoms with Crippen molar-refractivity contribution in [3.05, 3.63) is 63.1 Å². The smallest absolute Gasteiger partial charge is 0.396 e. The number of benzene rings is 1. The van der Waals surface area contributed by atoms with Crippen LogP contribution in [0.2, 0.25) is 0 Å². The van der Waals surface area contributed by atoms with Gasteiger partial charge in [-0.15, -0.1) is 0 Å². The number of nitrogens with one attached hydrogen (secondary N) is 1. The molecule has 1 amide bonds. The first-order chi connectivity index (χ1) is 15.6. The second kappa shape index (κ2) is 8.23. The van der Waals surface area contributed by atoms with Gasteiger partial charge in [-0.2, -0.15) is 18.4 Å². The van der Waals surface area contributed by atoms with Crippen LogP contribution in [0.1, 0.15) is 33.6 Å². The van der Waals surface area contributed by atoms with Crippen LogP contribution in [0.5, 0.6) is 0 Å². The van der Waals surface area contributed by atoms with E-state index in [1.54, 1.807) is 28.9 Å². The number of carbonyl (C=O) groups is 1.